The van der Waals surface area contributed by atoms with Gasteiger partial charge in [-0.3, -0.25) is 14.9 Å². The van der Waals surface area contributed by atoms with E-state index in [1.165, 1.54) is 26.4 Å². The van der Waals surface area contributed by atoms with Crippen molar-refractivity contribution in [2.24, 2.45) is 0 Å². The Hall–Kier alpha value is -2.88. The number of nitrogens with zero attached hydrogens (tertiary/aromatic N) is 1. The van der Waals surface area contributed by atoms with Gasteiger partial charge in [-0.1, -0.05) is 18.2 Å². The quantitative estimate of drug-likeness (QED) is 0.415. The maximum absolute atomic E-state index is 13.0. The van der Waals surface area contributed by atoms with Gasteiger partial charge in [-0.05, 0) is 52.4 Å². The maximum atomic E-state index is 13.0. The Kier molecular flexibility index (Phi) is 5.45. The Morgan fingerprint density at radius 2 is 1.78 bits per heavy atom. The standard InChI is InChI=1S/C19H15IN2O5/c1-26-12-7-8-15(16(10-12)27-2)22-18(24)13(17(23)21-19(22)25)9-11-5-3-4-6-14(11)20/h3-10H,1-2H3,(H,21,23,25). The molecule has 1 heterocycles. The minimum Gasteiger partial charge on any atom is -0.497 e. The fourth-order valence-electron chi connectivity index (χ4n) is 2.59. The number of nitrogens with one attached hydrogen (secondary N) is 1. The lowest BCUT2D eigenvalue weighted by Gasteiger charge is -2.27. The zero-order valence-corrected chi connectivity index (χ0v) is 16.6. The number of hydrogen-bond donors (Lipinski definition) is 1. The van der Waals surface area contributed by atoms with E-state index in [2.05, 4.69) is 27.9 Å². The number of halogens is 1. The summed E-state index contributed by atoms with van der Waals surface area (Å²) in [5.41, 5.74) is 0.770. The Morgan fingerprint density at radius 3 is 2.44 bits per heavy atom. The molecule has 1 aliphatic rings. The Morgan fingerprint density at radius 1 is 1.04 bits per heavy atom. The third kappa shape index (κ3) is 3.65. The van der Waals surface area contributed by atoms with Crippen LogP contribution in [0.5, 0.6) is 11.5 Å². The van der Waals surface area contributed by atoms with Crippen LogP contribution in [0.25, 0.3) is 6.08 Å². The summed E-state index contributed by atoms with van der Waals surface area (Å²) in [6, 6.07) is 11.1. The van der Waals surface area contributed by atoms with Crippen LogP contribution in [-0.4, -0.2) is 32.1 Å². The molecule has 0 saturated carbocycles. The van der Waals surface area contributed by atoms with Crippen molar-refractivity contribution in [2.75, 3.05) is 19.1 Å². The third-order valence-corrected chi connectivity index (χ3v) is 4.92. The van der Waals surface area contributed by atoms with E-state index >= 15 is 0 Å². The number of imide groups is 2. The zero-order chi connectivity index (χ0) is 19.6. The second-order valence-electron chi connectivity index (χ2n) is 5.52. The van der Waals surface area contributed by atoms with Crippen LogP contribution >= 0.6 is 22.6 Å². The number of urea groups is 1. The highest BCUT2D eigenvalue weighted by Gasteiger charge is 2.38. The summed E-state index contributed by atoms with van der Waals surface area (Å²) in [7, 11) is 2.91. The molecule has 0 bridgehead atoms. The van der Waals surface area contributed by atoms with E-state index in [-0.39, 0.29) is 17.0 Å². The molecular weight excluding hydrogens is 463 g/mol. The highest BCUT2D eigenvalue weighted by atomic mass is 127. The van der Waals surface area contributed by atoms with Gasteiger partial charge in [-0.2, -0.15) is 0 Å². The number of anilines is 1. The van der Waals surface area contributed by atoms with Gasteiger partial charge in [0.15, 0.2) is 0 Å². The SMILES string of the molecule is COc1ccc(N2C(=O)NC(=O)C(=Cc3ccccc3I)C2=O)c(OC)c1. The summed E-state index contributed by atoms with van der Waals surface area (Å²) in [6.45, 7) is 0. The van der Waals surface area contributed by atoms with Crippen molar-refractivity contribution in [3.8, 4) is 11.5 Å². The van der Waals surface area contributed by atoms with Crippen LogP contribution in [0.1, 0.15) is 5.56 Å². The minimum absolute atomic E-state index is 0.142. The summed E-state index contributed by atoms with van der Waals surface area (Å²) in [5, 5.41) is 2.20. The summed E-state index contributed by atoms with van der Waals surface area (Å²) in [5.74, 6) is -0.702. The molecule has 3 rings (SSSR count). The zero-order valence-electron chi connectivity index (χ0n) is 14.5. The Labute approximate surface area is 169 Å². The van der Waals surface area contributed by atoms with Crippen molar-refractivity contribution in [1.82, 2.24) is 5.32 Å². The average Bonchev–Trinajstić information content (AvgIpc) is 2.66. The van der Waals surface area contributed by atoms with Crippen LogP contribution in [0.15, 0.2) is 48.0 Å². The maximum Gasteiger partial charge on any atom is 0.336 e. The summed E-state index contributed by atoms with van der Waals surface area (Å²) < 4.78 is 11.3. The van der Waals surface area contributed by atoms with Gasteiger partial charge in [0.1, 0.15) is 17.1 Å². The van der Waals surface area contributed by atoms with Crippen LogP contribution in [0, 0.1) is 3.57 Å². The topological polar surface area (TPSA) is 84.9 Å². The molecule has 138 valence electrons. The van der Waals surface area contributed by atoms with Crippen LogP contribution in [0.3, 0.4) is 0 Å². The number of amides is 4. The second-order valence-corrected chi connectivity index (χ2v) is 6.68. The summed E-state index contributed by atoms with van der Waals surface area (Å²) in [4.78, 5) is 38.5. The lowest BCUT2D eigenvalue weighted by atomic mass is 10.1. The number of rotatable bonds is 4. The van der Waals surface area contributed by atoms with Crippen molar-refractivity contribution >= 4 is 52.2 Å². The first-order chi connectivity index (χ1) is 13.0. The number of carbonyl (C=O) groups excluding carboxylic acids is 3. The number of benzene rings is 2. The third-order valence-electron chi connectivity index (χ3n) is 3.93. The van der Waals surface area contributed by atoms with Crippen LogP contribution in [0.4, 0.5) is 10.5 Å². The number of methoxy groups -OCH3 is 2. The van der Waals surface area contributed by atoms with Gasteiger partial charge in [-0.25, -0.2) is 9.69 Å². The molecule has 2 aromatic rings. The first-order valence-corrected chi connectivity index (χ1v) is 8.92. The van der Waals surface area contributed by atoms with Crippen molar-refractivity contribution in [1.29, 1.82) is 0 Å². The molecule has 1 N–H and O–H groups in total. The first-order valence-electron chi connectivity index (χ1n) is 7.84. The van der Waals surface area contributed by atoms with E-state index in [0.29, 0.717) is 11.3 Å². The molecule has 0 atom stereocenters. The summed E-state index contributed by atoms with van der Waals surface area (Å²) in [6.07, 6.45) is 1.47. The second kappa shape index (κ2) is 7.78. The van der Waals surface area contributed by atoms with Crippen LogP contribution in [0.2, 0.25) is 0 Å². The van der Waals surface area contributed by atoms with Gasteiger partial charge < -0.3 is 9.47 Å². The lowest BCUT2D eigenvalue weighted by Crippen LogP contribution is -2.54. The molecular formula is C19H15IN2O5. The largest absolute Gasteiger partial charge is 0.497 e. The van der Waals surface area contributed by atoms with E-state index in [1.807, 2.05) is 12.1 Å². The van der Waals surface area contributed by atoms with Crippen molar-refractivity contribution < 1.29 is 23.9 Å². The molecule has 1 saturated heterocycles. The Bertz CT molecular complexity index is 970. The van der Waals surface area contributed by atoms with E-state index < -0.39 is 17.8 Å². The normalized spacial score (nSPS) is 15.7. The molecule has 8 heteroatoms. The smallest absolute Gasteiger partial charge is 0.336 e. The highest BCUT2D eigenvalue weighted by Crippen LogP contribution is 2.34. The molecule has 27 heavy (non-hydrogen) atoms. The van der Waals surface area contributed by atoms with Crippen molar-refractivity contribution in [3.05, 3.63) is 57.2 Å². The highest BCUT2D eigenvalue weighted by molar-refractivity contribution is 14.1. The molecule has 0 radical (unpaired) electrons. The van der Waals surface area contributed by atoms with Crippen LogP contribution < -0.4 is 19.7 Å². The fraction of sp³-hybridized carbons (Fsp3) is 0.105. The predicted octanol–water partition coefficient (Wildman–Crippen LogP) is 2.97. The predicted molar refractivity (Wildman–Crippen MR) is 108 cm³/mol. The van der Waals surface area contributed by atoms with Crippen molar-refractivity contribution in [3.63, 3.8) is 0 Å². The molecule has 0 aromatic heterocycles. The number of ether oxygens (including phenoxy) is 2. The fourth-order valence-corrected chi connectivity index (χ4v) is 3.14. The van der Waals surface area contributed by atoms with Gasteiger partial charge in [0.05, 0.1) is 19.9 Å². The molecule has 1 fully saturated rings. The van der Waals surface area contributed by atoms with Gasteiger partial charge in [0, 0.05) is 9.64 Å². The minimum atomic E-state index is -0.839. The monoisotopic (exact) mass is 478 g/mol. The average molecular weight is 478 g/mol. The van der Waals surface area contributed by atoms with Gasteiger partial charge >= 0.3 is 6.03 Å². The molecule has 2 aromatic carbocycles. The van der Waals surface area contributed by atoms with Crippen molar-refractivity contribution in [2.45, 2.75) is 0 Å². The molecule has 4 amide bonds. The Balaban J connectivity index is 2.07. The number of carbonyl (C=O) groups is 3. The van der Waals surface area contributed by atoms with Crippen LogP contribution in [-0.2, 0) is 9.59 Å². The summed E-state index contributed by atoms with van der Waals surface area (Å²) >= 11 is 2.11. The van der Waals surface area contributed by atoms with Gasteiger partial charge in [0.25, 0.3) is 11.8 Å². The van der Waals surface area contributed by atoms with E-state index in [1.54, 1.807) is 24.3 Å². The molecule has 0 unspecified atom stereocenters. The van der Waals surface area contributed by atoms with Gasteiger partial charge in [0.2, 0.25) is 0 Å². The first kappa shape index (κ1) is 18.9. The van der Waals surface area contributed by atoms with Gasteiger partial charge in [-0.15, -0.1) is 0 Å². The number of hydrogen-bond acceptors (Lipinski definition) is 5. The molecule has 0 spiro atoms. The lowest BCUT2D eigenvalue weighted by molar-refractivity contribution is -0.122. The molecule has 0 aliphatic carbocycles. The van der Waals surface area contributed by atoms with E-state index in [4.69, 9.17) is 9.47 Å². The molecule has 7 nitrogen and oxygen atoms in total. The van der Waals surface area contributed by atoms with E-state index in [0.717, 1.165) is 8.47 Å². The molecule has 1 aliphatic heterocycles. The van der Waals surface area contributed by atoms with E-state index in [9.17, 15) is 14.4 Å². The number of barbiturate groups is 1.